The van der Waals surface area contributed by atoms with E-state index in [1.165, 1.54) is 0 Å². The van der Waals surface area contributed by atoms with Crippen molar-refractivity contribution in [3.05, 3.63) is 46.7 Å². The highest BCUT2D eigenvalue weighted by Gasteiger charge is 2.43. The second-order valence-electron chi connectivity index (χ2n) is 7.12. The molecule has 0 saturated carbocycles. The Balaban J connectivity index is 1.96. The minimum absolute atomic E-state index is 0.123. The van der Waals surface area contributed by atoms with Gasteiger partial charge in [-0.3, -0.25) is 14.6 Å². The molecule has 2 atom stereocenters. The third kappa shape index (κ3) is 4.34. The van der Waals surface area contributed by atoms with E-state index < -0.39 is 5.92 Å². The molecule has 1 aliphatic carbocycles. The lowest BCUT2D eigenvalue weighted by molar-refractivity contribution is -0.145. The van der Waals surface area contributed by atoms with Crippen molar-refractivity contribution in [3.8, 4) is 0 Å². The summed E-state index contributed by atoms with van der Waals surface area (Å²) < 4.78 is 5.57. The Morgan fingerprint density at radius 3 is 2.67 bits per heavy atom. The number of allylic oxidation sites excluding steroid dienone is 2. The van der Waals surface area contributed by atoms with Crippen molar-refractivity contribution in [2.75, 3.05) is 18.1 Å². The van der Waals surface area contributed by atoms with Gasteiger partial charge in [0.05, 0.1) is 0 Å². The van der Waals surface area contributed by atoms with Gasteiger partial charge in [0.2, 0.25) is 0 Å². The molecule has 1 heterocycles. The number of hydrogen-bond donors (Lipinski definition) is 0. The first-order valence-electron chi connectivity index (χ1n) is 9.65. The van der Waals surface area contributed by atoms with Crippen LogP contribution in [0.3, 0.4) is 0 Å². The van der Waals surface area contributed by atoms with E-state index in [4.69, 9.17) is 4.74 Å². The average molecular weight is 386 g/mol. The van der Waals surface area contributed by atoms with Crippen LogP contribution in [0.5, 0.6) is 0 Å². The molecule has 3 rings (SSSR count). The molecule has 144 valence electrons. The number of carbonyl (C=O) groups is 2. The van der Waals surface area contributed by atoms with Gasteiger partial charge in [-0.15, -0.1) is 0 Å². The predicted octanol–water partition coefficient (Wildman–Crippen LogP) is 4.47. The zero-order valence-corrected chi connectivity index (χ0v) is 17.1. The fourth-order valence-electron chi connectivity index (χ4n) is 3.88. The molecule has 0 aromatic heterocycles. The summed E-state index contributed by atoms with van der Waals surface area (Å²) in [6.45, 7) is 6.39. The van der Waals surface area contributed by atoms with E-state index >= 15 is 0 Å². The number of esters is 1. The molecule has 0 saturated heterocycles. The van der Waals surface area contributed by atoms with Crippen LogP contribution in [0.15, 0.2) is 40.5 Å². The lowest BCUT2D eigenvalue weighted by Crippen LogP contribution is -2.37. The third-order valence-corrected chi connectivity index (χ3v) is 6.06. The zero-order chi connectivity index (χ0) is 19.4. The van der Waals surface area contributed by atoms with Gasteiger partial charge in [-0.1, -0.05) is 36.8 Å². The quantitative estimate of drug-likeness (QED) is 0.535. The molecule has 1 unspecified atom stereocenters. The molecule has 1 aromatic rings. The zero-order valence-electron chi connectivity index (χ0n) is 16.3. The van der Waals surface area contributed by atoms with E-state index in [-0.39, 0.29) is 17.7 Å². The number of ether oxygens (including phenoxy) is 1. The van der Waals surface area contributed by atoms with E-state index in [0.29, 0.717) is 13.0 Å². The molecular weight excluding hydrogens is 358 g/mol. The maximum absolute atomic E-state index is 13.0. The molecular formula is C22H27NO3S. The number of thioether (sulfide) groups is 1. The number of carbonyl (C=O) groups excluding carboxylic acids is 2. The molecule has 0 bridgehead atoms. The number of nitrogens with zero attached hydrogens (tertiary/aromatic N) is 1. The molecule has 2 aliphatic rings. The number of aliphatic imine (C=N–C) groups is 1. The number of benzene rings is 1. The van der Waals surface area contributed by atoms with Crippen molar-refractivity contribution in [2.45, 2.75) is 46.0 Å². The van der Waals surface area contributed by atoms with Gasteiger partial charge in [0.25, 0.3) is 0 Å². The van der Waals surface area contributed by atoms with Gasteiger partial charge < -0.3 is 4.74 Å². The Morgan fingerprint density at radius 1 is 1.22 bits per heavy atom. The number of aryl methyl sites for hydroxylation is 1. The van der Waals surface area contributed by atoms with E-state index in [1.807, 2.05) is 38.1 Å². The van der Waals surface area contributed by atoms with Gasteiger partial charge in [0.1, 0.15) is 12.5 Å². The Bertz CT molecular complexity index is 779. The molecule has 0 amide bonds. The highest BCUT2D eigenvalue weighted by Crippen LogP contribution is 2.43. The van der Waals surface area contributed by atoms with Crippen molar-refractivity contribution in [2.24, 2.45) is 10.9 Å². The number of rotatable bonds is 6. The lowest BCUT2D eigenvalue weighted by Gasteiger charge is -2.34. The monoisotopic (exact) mass is 385 g/mol. The minimum Gasteiger partial charge on any atom is -0.464 e. The van der Waals surface area contributed by atoms with Crippen molar-refractivity contribution in [3.63, 3.8) is 0 Å². The van der Waals surface area contributed by atoms with Crippen LogP contribution in [0.25, 0.3) is 0 Å². The largest absolute Gasteiger partial charge is 0.464 e. The van der Waals surface area contributed by atoms with E-state index in [2.05, 4.69) is 11.9 Å². The summed E-state index contributed by atoms with van der Waals surface area (Å²) in [7, 11) is 0. The standard InChI is InChI=1S/C22H27NO3S/c1-4-27-13-12-26-22(25)19-15(3)23-17-6-5-7-18(24)21(17)20(19)16-10-8-14(2)9-11-16/h8-11,19-20H,4-7,12-13H2,1-3H3/t19?,20-/m1/s1. The summed E-state index contributed by atoms with van der Waals surface area (Å²) in [5.74, 6) is 0.809. The van der Waals surface area contributed by atoms with Crippen molar-refractivity contribution in [1.82, 2.24) is 0 Å². The first-order valence-corrected chi connectivity index (χ1v) is 10.8. The predicted molar refractivity (Wildman–Crippen MR) is 110 cm³/mol. The molecule has 1 aliphatic heterocycles. The SMILES string of the molecule is CCSCCOC(=O)C1C(C)=NC2=C(C(=O)CCC2)[C@@H]1c1ccc(C)cc1. The van der Waals surface area contributed by atoms with Crippen LogP contribution in [0.4, 0.5) is 0 Å². The van der Waals surface area contributed by atoms with Crippen LogP contribution in [0.1, 0.15) is 50.2 Å². The van der Waals surface area contributed by atoms with Crippen LogP contribution >= 0.6 is 11.8 Å². The molecule has 1 aromatic carbocycles. The molecule has 0 fully saturated rings. The summed E-state index contributed by atoms with van der Waals surface area (Å²) in [6, 6.07) is 8.12. The van der Waals surface area contributed by atoms with Gasteiger partial charge in [-0.25, -0.2) is 0 Å². The fourth-order valence-corrected chi connectivity index (χ4v) is 4.37. The molecule has 5 heteroatoms. The first-order chi connectivity index (χ1) is 13.0. The van der Waals surface area contributed by atoms with Gasteiger partial charge in [-0.2, -0.15) is 11.8 Å². The van der Waals surface area contributed by atoms with Crippen LogP contribution in [0.2, 0.25) is 0 Å². The summed E-state index contributed by atoms with van der Waals surface area (Å²) in [5.41, 5.74) is 4.48. The smallest absolute Gasteiger partial charge is 0.315 e. The molecule has 4 nitrogen and oxygen atoms in total. The normalized spacial score (nSPS) is 22.3. The summed E-state index contributed by atoms with van der Waals surface area (Å²) >= 11 is 1.74. The third-order valence-electron chi connectivity index (χ3n) is 5.20. The van der Waals surface area contributed by atoms with Gasteiger partial charge in [0.15, 0.2) is 5.78 Å². The molecule has 0 spiro atoms. The van der Waals surface area contributed by atoms with Crippen LogP contribution in [-0.2, 0) is 14.3 Å². The van der Waals surface area contributed by atoms with E-state index in [0.717, 1.165) is 52.5 Å². The van der Waals surface area contributed by atoms with Gasteiger partial charge in [-0.05, 0) is 38.0 Å². The van der Waals surface area contributed by atoms with Gasteiger partial charge >= 0.3 is 5.97 Å². The highest BCUT2D eigenvalue weighted by molar-refractivity contribution is 7.99. The van der Waals surface area contributed by atoms with Gasteiger partial charge in [0, 0.05) is 35.1 Å². The topological polar surface area (TPSA) is 55.7 Å². The second kappa shape index (κ2) is 8.87. The van der Waals surface area contributed by atoms with Crippen LogP contribution < -0.4 is 0 Å². The summed E-state index contributed by atoms with van der Waals surface area (Å²) in [4.78, 5) is 30.4. The molecule has 27 heavy (non-hydrogen) atoms. The van der Waals surface area contributed by atoms with E-state index in [1.54, 1.807) is 11.8 Å². The second-order valence-corrected chi connectivity index (χ2v) is 8.51. The first kappa shape index (κ1) is 19.9. The average Bonchev–Trinajstić information content (AvgIpc) is 2.65. The minimum atomic E-state index is -0.528. The van der Waals surface area contributed by atoms with Crippen molar-refractivity contribution in [1.29, 1.82) is 0 Å². The molecule has 0 radical (unpaired) electrons. The Kier molecular flexibility index (Phi) is 6.53. The van der Waals surface area contributed by atoms with Crippen LogP contribution in [-0.4, -0.2) is 35.6 Å². The summed E-state index contributed by atoms with van der Waals surface area (Å²) in [6.07, 6.45) is 2.17. The van der Waals surface area contributed by atoms with Crippen LogP contribution in [0, 0.1) is 12.8 Å². The number of Topliss-reactive ketones (excluding diaryl/α,β-unsaturated/α-hetero) is 1. The Hall–Kier alpha value is -1.88. The van der Waals surface area contributed by atoms with Crippen molar-refractivity contribution >= 4 is 29.2 Å². The lowest BCUT2D eigenvalue weighted by atomic mass is 9.71. The molecule has 0 N–H and O–H groups in total. The Labute approximate surface area is 165 Å². The number of ketones is 1. The summed E-state index contributed by atoms with van der Waals surface area (Å²) in [5, 5.41) is 0. The number of hydrogen-bond acceptors (Lipinski definition) is 5. The maximum Gasteiger partial charge on any atom is 0.315 e. The Morgan fingerprint density at radius 2 is 1.96 bits per heavy atom. The highest BCUT2D eigenvalue weighted by atomic mass is 32.2. The van der Waals surface area contributed by atoms with Crippen molar-refractivity contribution < 1.29 is 14.3 Å². The maximum atomic E-state index is 13.0. The van der Waals surface area contributed by atoms with E-state index in [9.17, 15) is 9.59 Å². The fraction of sp³-hybridized carbons (Fsp3) is 0.500.